The largest absolute Gasteiger partial charge is 0.469 e. The monoisotopic (exact) mass is 283 g/mol. The molecule has 0 aliphatic rings. The van der Waals surface area contributed by atoms with Crippen molar-refractivity contribution in [2.45, 2.75) is 25.8 Å². The van der Waals surface area contributed by atoms with Crippen molar-refractivity contribution >= 4 is 23.3 Å². The molecule has 0 saturated heterocycles. The number of esters is 1. The number of methoxy groups -OCH3 is 1. The number of nitrogens with zero attached hydrogens (tertiary/aromatic N) is 1. The van der Waals surface area contributed by atoms with Crippen LogP contribution in [-0.2, 0) is 16.1 Å². The minimum atomic E-state index is -0.153. The van der Waals surface area contributed by atoms with Gasteiger partial charge in [0.2, 0.25) is 0 Å². The molecule has 0 amide bonds. The maximum absolute atomic E-state index is 10.9. The molecule has 106 valence electrons. The first-order valence-corrected chi connectivity index (χ1v) is 7.18. The van der Waals surface area contributed by atoms with Gasteiger partial charge in [-0.1, -0.05) is 6.07 Å². The van der Waals surface area contributed by atoms with Crippen molar-refractivity contribution in [3.8, 4) is 0 Å². The average molecular weight is 283 g/mol. The van der Waals surface area contributed by atoms with Crippen LogP contribution in [-0.4, -0.2) is 32.6 Å². The highest BCUT2D eigenvalue weighted by atomic mass is 32.1. The molecule has 0 radical (unpaired) electrons. The molecule has 0 aliphatic carbocycles. The number of carbonyl (C=O) groups excluding carboxylic acids is 1. The quantitative estimate of drug-likeness (QED) is 0.346. The SMILES string of the molecule is CN=C(NCCCCC(=O)OC)NCc1cccs1. The van der Waals surface area contributed by atoms with Gasteiger partial charge in [-0.3, -0.25) is 9.79 Å². The van der Waals surface area contributed by atoms with E-state index in [1.165, 1.54) is 12.0 Å². The van der Waals surface area contributed by atoms with Gasteiger partial charge >= 0.3 is 5.97 Å². The van der Waals surface area contributed by atoms with Gasteiger partial charge in [-0.2, -0.15) is 0 Å². The Balaban J connectivity index is 2.10. The van der Waals surface area contributed by atoms with Crippen LogP contribution in [0.5, 0.6) is 0 Å². The van der Waals surface area contributed by atoms with E-state index in [2.05, 4.69) is 31.8 Å². The molecule has 0 unspecified atom stereocenters. The van der Waals surface area contributed by atoms with Gasteiger partial charge in [-0.15, -0.1) is 11.3 Å². The van der Waals surface area contributed by atoms with Crippen molar-refractivity contribution in [3.05, 3.63) is 22.4 Å². The molecule has 1 rings (SSSR count). The highest BCUT2D eigenvalue weighted by molar-refractivity contribution is 7.09. The molecule has 19 heavy (non-hydrogen) atoms. The lowest BCUT2D eigenvalue weighted by atomic mass is 10.2. The second-order valence-corrected chi connectivity index (χ2v) is 5.00. The first kappa shape index (κ1) is 15.5. The van der Waals surface area contributed by atoms with E-state index in [-0.39, 0.29) is 5.97 Å². The van der Waals surface area contributed by atoms with Crippen molar-refractivity contribution in [1.29, 1.82) is 0 Å². The molecule has 0 aliphatic heterocycles. The zero-order chi connectivity index (χ0) is 13.9. The van der Waals surface area contributed by atoms with E-state index in [1.807, 2.05) is 6.07 Å². The van der Waals surface area contributed by atoms with Crippen LogP contribution >= 0.6 is 11.3 Å². The van der Waals surface area contributed by atoms with Gasteiger partial charge in [-0.25, -0.2) is 0 Å². The number of carbonyl (C=O) groups is 1. The Morgan fingerprint density at radius 1 is 1.42 bits per heavy atom. The molecular formula is C13H21N3O2S. The number of hydrogen-bond acceptors (Lipinski definition) is 4. The fourth-order valence-corrected chi connectivity index (χ4v) is 2.15. The normalized spacial score (nSPS) is 11.2. The van der Waals surface area contributed by atoms with Gasteiger partial charge in [0.25, 0.3) is 0 Å². The van der Waals surface area contributed by atoms with Crippen LogP contribution in [0.1, 0.15) is 24.1 Å². The third kappa shape index (κ3) is 6.81. The molecule has 0 saturated carbocycles. The van der Waals surface area contributed by atoms with Crippen LogP contribution in [0.3, 0.4) is 0 Å². The molecule has 6 heteroatoms. The first-order chi connectivity index (χ1) is 9.26. The summed E-state index contributed by atoms with van der Waals surface area (Å²) >= 11 is 1.72. The van der Waals surface area contributed by atoms with E-state index < -0.39 is 0 Å². The lowest BCUT2D eigenvalue weighted by molar-refractivity contribution is -0.140. The van der Waals surface area contributed by atoms with Crippen molar-refractivity contribution in [2.75, 3.05) is 20.7 Å². The molecule has 0 fully saturated rings. The van der Waals surface area contributed by atoms with Gasteiger partial charge in [0.05, 0.1) is 13.7 Å². The Morgan fingerprint density at radius 3 is 2.89 bits per heavy atom. The fraction of sp³-hybridized carbons (Fsp3) is 0.538. The Kier molecular flexibility index (Phi) is 7.65. The van der Waals surface area contributed by atoms with E-state index in [0.717, 1.165) is 31.9 Å². The molecule has 1 aromatic rings. The third-order valence-corrected chi connectivity index (χ3v) is 3.44. The predicted octanol–water partition coefficient (Wildman–Crippen LogP) is 1.76. The van der Waals surface area contributed by atoms with Gasteiger partial charge < -0.3 is 15.4 Å². The topological polar surface area (TPSA) is 62.7 Å². The summed E-state index contributed by atoms with van der Waals surface area (Å²) in [6.45, 7) is 1.57. The minimum absolute atomic E-state index is 0.153. The van der Waals surface area contributed by atoms with E-state index in [0.29, 0.717) is 6.42 Å². The number of rotatable bonds is 7. The van der Waals surface area contributed by atoms with Crippen LogP contribution in [0.2, 0.25) is 0 Å². The van der Waals surface area contributed by atoms with Crippen molar-refractivity contribution in [1.82, 2.24) is 10.6 Å². The summed E-state index contributed by atoms with van der Waals surface area (Å²) in [6, 6.07) is 4.12. The lowest BCUT2D eigenvalue weighted by Gasteiger charge is -2.10. The van der Waals surface area contributed by atoms with Gasteiger partial charge in [0.1, 0.15) is 0 Å². The Morgan fingerprint density at radius 2 is 2.26 bits per heavy atom. The summed E-state index contributed by atoms with van der Waals surface area (Å²) < 4.78 is 4.58. The second-order valence-electron chi connectivity index (χ2n) is 3.97. The summed E-state index contributed by atoms with van der Waals surface area (Å²) in [5.41, 5.74) is 0. The Labute approximate surface area is 118 Å². The number of nitrogens with one attached hydrogen (secondary N) is 2. The summed E-state index contributed by atoms with van der Waals surface area (Å²) in [7, 11) is 3.16. The number of guanidine groups is 1. The molecule has 1 aromatic heterocycles. The molecule has 0 atom stereocenters. The number of thiophene rings is 1. The van der Waals surface area contributed by atoms with Crippen LogP contribution in [0.4, 0.5) is 0 Å². The van der Waals surface area contributed by atoms with Crippen LogP contribution < -0.4 is 10.6 Å². The van der Waals surface area contributed by atoms with Gasteiger partial charge in [-0.05, 0) is 24.3 Å². The lowest BCUT2D eigenvalue weighted by Crippen LogP contribution is -2.37. The molecule has 2 N–H and O–H groups in total. The highest BCUT2D eigenvalue weighted by Crippen LogP contribution is 2.07. The zero-order valence-corrected chi connectivity index (χ0v) is 12.3. The van der Waals surface area contributed by atoms with E-state index in [1.54, 1.807) is 18.4 Å². The van der Waals surface area contributed by atoms with Crippen LogP contribution in [0.25, 0.3) is 0 Å². The van der Waals surface area contributed by atoms with Crippen molar-refractivity contribution in [3.63, 3.8) is 0 Å². The van der Waals surface area contributed by atoms with E-state index in [9.17, 15) is 4.79 Å². The summed E-state index contributed by atoms with van der Waals surface area (Å²) in [4.78, 5) is 16.3. The number of hydrogen-bond donors (Lipinski definition) is 2. The van der Waals surface area contributed by atoms with E-state index in [4.69, 9.17) is 0 Å². The molecule has 0 aromatic carbocycles. The third-order valence-electron chi connectivity index (χ3n) is 2.56. The molecule has 0 bridgehead atoms. The standard InChI is InChI=1S/C13H21N3O2S/c1-14-13(16-10-11-6-5-9-19-11)15-8-4-3-7-12(17)18-2/h5-6,9H,3-4,7-8,10H2,1-2H3,(H2,14,15,16). The molecular weight excluding hydrogens is 262 g/mol. The number of unbranched alkanes of at least 4 members (excludes halogenated alkanes) is 1. The van der Waals surface area contributed by atoms with Crippen LogP contribution in [0.15, 0.2) is 22.5 Å². The summed E-state index contributed by atoms with van der Waals surface area (Å²) in [6.07, 6.45) is 2.20. The van der Waals surface area contributed by atoms with Crippen LogP contribution in [0, 0.1) is 0 Å². The molecule has 0 spiro atoms. The predicted molar refractivity (Wildman–Crippen MR) is 78.4 cm³/mol. The smallest absolute Gasteiger partial charge is 0.305 e. The average Bonchev–Trinajstić information content (AvgIpc) is 2.94. The Bertz CT molecular complexity index is 391. The number of ether oxygens (including phenoxy) is 1. The Hall–Kier alpha value is -1.56. The summed E-state index contributed by atoms with van der Waals surface area (Å²) in [5, 5.41) is 8.51. The second kappa shape index (κ2) is 9.38. The maximum Gasteiger partial charge on any atom is 0.305 e. The highest BCUT2D eigenvalue weighted by Gasteiger charge is 2.01. The zero-order valence-electron chi connectivity index (χ0n) is 11.4. The first-order valence-electron chi connectivity index (χ1n) is 6.30. The number of aliphatic imine (C=N–C) groups is 1. The van der Waals surface area contributed by atoms with Gasteiger partial charge in [0, 0.05) is 24.9 Å². The van der Waals surface area contributed by atoms with Crippen molar-refractivity contribution in [2.24, 2.45) is 4.99 Å². The van der Waals surface area contributed by atoms with Gasteiger partial charge in [0.15, 0.2) is 5.96 Å². The minimum Gasteiger partial charge on any atom is -0.469 e. The van der Waals surface area contributed by atoms with Crippen molar-refractivity contribution < 1.29 is 9.53 Å². The van der Waals surface area contributed by atoms with E-state index >= 15 is 0 Å². The molecule has 1 heterocycles. The fourth-order valence-electron chi connectivity index (χ4n) is 1.51. The maximum atomic E-state index is 10.9. The molecule has 5 nitrogen and oxygen atoms in total. The summed E-state index contributed by atoms with van der Waals surface area (Å²) in [5.74, 6) is 0.631.